The third-order valence-corrected chi connectivity index (χ3v) is 6.20. The Bertz CT molecular complexity index is 1350. The molecule has 4 aromatic rings. The number of hydrogen-bond donors (Lipinski definition) is 1. The predicted molar refractivity (Wildman–Crippen MR) is 123 cm³/mol. The van der Waals surface area contributed by atoms with Gasteiger partial charge in [0.25, 0.3) is 0 Å². The van der Waals surface area contributed by atoms with E-state index in [0.29, 0.717) is 54.6 Å². The van der Waals surface area contributed by atoms with Crippen LogP contribution in [0.5, 0.6) is 5.75 Å². The molecule has 1 aliphatic heterocycles. The predicted octanol–water partition coefficient (Wildman–Crippen LogP) is 3.60. The number of nitrogens with zero attached hydrogens (tertiary/aromatic N) is 6. The summed E-state index contributed by atoms with van der Waals surface area (Å²) < 4.78 is 46.3. The van der Waals surface area contributed by atoms with Crippen LogP contribution in [0, 0.1) is 0 Å². The van der Waals surface area contributed by atoms with E-state index in [-0.39, 0.29) is 12.0 Å². The molecular weight excluding hydrogens is 447 g/mol. The van der Waals surface area contributed by atoms with Gasteiger partial charge in [0, 0.05) is 36.7 Å². The lowest BCUT2D eigenvalue weighted by Gasteiger charge is -2.40. The minimum Gasteiger partial charge on any atom is -0.494 e. The lowest BCUT2D eigenvalue weighted by atomic mass is 10.1. The summed E-state index contributed by atoms with van der Waals surface area (Å²) in [5.41, 5.74) is 7.30. The first-order chi connectivity index (χ1) is 16.2. The standard InChI is InChI=1S/C23H24F3N7O/c1-14-12-32(16-6-3-5-15(11-16)23(24,25)26)10-9-31(14)13-19-28-21-17-7-4-8-18(34-2)20(17)29-22(27)33(21)30-19/h3-8,11,14H,9-10,12-13H2,1-2H3,(H2,27,29). The molecule has 5 rings (SSSR count). The maximum Gasteiger partial charge on any atom is 0.416 e. The average Bonchev–Trinajstić information content (AvgIpc) is 3.24. The van der Waals surface area contributed by atoms with E-state index in [0.717, 1.165) is 11.5 Å². The maximum atomic E-state index is 13.1. The van der Waals surface area contributed by atoms with E-state index >= 15 is 0 Å². The first kappa shape index (κ1) is 22.2. The first-order valence-electron chi connectivity index (χ1n) is 10.9. The van der Waals surface area contributed by atoms with Crippen molar-refractivity contribution in [1.29, 1.82) is 0 Å². The van der Waals surface area contributed by atoms with Crippen LogP contribution >= 0.6 is 0 Å². The van der Waals surface area contributed by atoms with Crippen LogP contribution in [0.1, 0.15) is 18.3 Å². The minimum absolute atomic E-state index is 0.0854. The van der Waals surface area contributed by atoms with Gasteiger partial charge in [0.05, 0.1) is 19.2 Å². The molecule has 1 fully saturated rings. The molecule has 3 heterocycles. The van der Waals surface area contributed by atoms with Crippen molar-refractivity contribution in [3.8, 4) is 5.75 Å². The molecule has 1 atom stereocenters. The zero-order valence-corrected chi connectivity index (χ0v) is 18.8. The molecule has 1 unspecified atom stereocenters. The summed E-state index contributed by atoms with van der Waals surface area (Å²) in [6.07, 6.45) is -4.36. The number of anilines is 2. The highest BCUT2D eigenvalue weighted by Crippen LogP contribution is 2.32. The van der Waals surface area contributed by atoms with Gasteiger partial charge < -0.3 is 15.4 Å². The molecule has 1 saturated heterocycles. The van der Waals surface area contributed by atoms with Crippen molar-refractivity contribution in [2.45, 2.75) is 25.7 Å². The fourth-order valence-electron chi connectivity index (χ4n) is 4.43. The van der Waals surface area contributed by atoms with E-state index in [1.54, 1.807) is 13.2 Å². The number of hydrogen-bond acceptors (Lipinski definition) is 7. The summed E-state index contributed by atoms with van der Waals surface area (Å²) >= 11 is 0. The van der Waals surface area contributed by atoms with Gasteiger partial charge in [-0.05, 0) is 37.3 Å². The van der Waals surface area contributed by atoms with Crippen molar-refractivity contribution in [3.63, 3.8) is 0 Å². The van der Waals surface area contributed by atoms with Crippen molar-refractivity contribution in [2.24, 2.45) is 0 Å². The number of nitrogens with two attached hydrogens (primary N) is 1. The summed E-state index contributed by atoms with van der Waals surface area (Å²) in [5.74, 6) is 1.42. The van der Waals surface area contributed by atoms with Gasteiger partial charge in [-0.15, -0.1) is 5.10 Å². The summed E-state index contributed by atoms with van der Waals surface area (Å²) in [6, 6.07) is 11.1. The number of nitrogen functional groups attached to an aromatic ring is 1. The Morgan fingerprint density at radius 3 is 2.65 bits per heavy atom. The molecule has 11 heteroatoms. The lowest BCUT2D eigenvalue weighted by molar-refractivity contribution is -0.137. The van der Waals surface area contributed by atoms with Crippen molar-refractivity contribution in [3.05, 3.63) is 53.9 Å². The zero-order chi connectivity index (χ0) is 24.0. The molecule has 8 nitrogen and oxygen atoms in total. The van der Waals surface area contributed by atoms with E-state index in [1.807, 2.05) is 30.0 Å². The van der Waals surface area contributed by atoms with Crippen LogP contribution in [-0.2, 0) is 12.7 Å². The Hall–Kier alpha value is -3.60. The van der Waals surface area contributed by atoms with Gasteiger partial charge >= 0.3 is 6.18 Å². The normalized spacial score (nSPS) is 17.6. The van der Waals surface area contributed by atoms with Crippen molar-refractivity contribution < 1.29 is 17.9 Å². The van der Waals surface area contributed by atoms with Gasteiger partial charge in [0.15, 0.2) is 11.5 Å². The molecule has 1 aliphatic rings. The molecule has 2 N–H and O–H groups in total. The Balaban J connectivity index is 1.36. The highest BCUT2D eigenvalue weighted by atomic mass is 19.4. The average molecular weight is 471 g/mol. The Labute approximate surface area is 193 Å². The van der Waals surface area contributed by atoms with E-state index in [4.69, 9.17) is 15.5 Å². The number of aromatic nitrogens is 4. The fraction of sp³-hybridized carbons (Fsp3) is 0.348. The van der Waals surface area contributed by atoms with Crippen LogP contribution in [0.15, 0.2) is 42.5 Å². The number of piperazine rings is 1. The minimum atomic E-state index is -4.36. The van der Waals surface area contributed by atoms with E-state index in [1.165, 1.54) is 16.6 Å². The van der Waals surface area contributed by atoms with Gasteiger partial charge in [0.1, 0.15) is 11.3 Å². The molecular formula is C23H24F3N7O. The van der Waals surface area contributed by atoms with Gasteiger partial charge in [0.2, 0.25) is 5.95 Å². The molecule has 0 amide bonds. The maximum absolute atomic E-state index is 13.1. The van der Waals surface area contributed by atoms with E-state index in [9.17, 15) is 13.2 Å². The number of halogens is 3. The number of benzene rings is 2. The highest BCUT2D eigenvalue weighted by Gasteiger charge is 2.32. The Morgan fingerprint density at radius 2 is 1.91 bits per heavy atom. The second-order valence-corrected chi connectivity index (χ2v) is 8.40. The number of alkyl halides is 3. The Morgan fingerprint density at radius 1 is 1.12 bits per heavy atom. The first-order valence-corrected chi connectivity index (χ1v) is 10.9. The SMILES string of the molecule is COc1cccc2c1nc(N)n1nc(CN3CCN(c4cccc(C(F)(F)F)c4)CC3C)nc21. The highest BCUT2D eigenvalue weighted by molar-refractivity contribution is 5.95. The quantitative estimate of drug-likeness (QED) is 0.487. The molecule has 0 radical (unpaired) electrons. The van der Waals surface area contributed by atoms with Gasteiger partial charge in [-0.3, -0.25) is 4.90 Å². The molecule has 0 aliphatic carbocycles. The molecule has 2 aromatic heterocycles. The number of ether oxygens (including phenoxy) is 1. The van der Waals surface area contributed by atoms with Gasteiger partial charge in [-0.2, -0.15) is 17.7 Å². The second-order valence-electron chi connectivity index (χ2n) is 8.40. The molecule has 0 spiro atoms. The van der Waals surface area contributed by atoms with Crippen LogP contribution < -0.4 is 15.4 Å². The number of rotatable bonds is 4. The summed E-state index contributed by atoms with van der Waals surface area (Å²) in [5, 5.41) is 5.35. The van der Waals surface area contributed by atoms with Crippen molar-refractivity contribution in [2.75, 3.05) is 37.4 Å². The van der Waals surface area contributed by atoms with Gasteiger partial charge in [-0.1, -0.05) is 12.1 Å². The fourth-order valence-corrected chi connectivity index (χ4v) is 4.43. The van der Waals surface area contributed by atoms with Crippen molar-refractivity contribution >= 4 is 28.2 Å². The number of para-hydroxylation sites is 1. The Kier molecular flexibility index (Phi) is 5.43. The second kappa shape index (κ2) is 8.32. The van der Waals surface area contributed by atoms with Crippen LogP contribution in [0.3, 0.4) is 0 Å². The number of methoxy groups -OCH3 is 1. The third-order valence-electron chi connectivity index (χ3n) is 6.20. The largest absolute Gasteiger partial charge is 0.494 e. The summed E-state index contributed by atoms with van der Waals surface area (Å²) in [4.78, 5) is 13.3. The van der Waals surface area contributed by atoms with Crippen LogP contribution in [0.25, 0.3) is 16.6 Å². The third kappa shape index (κ3) is 3.96. The van der Waals surface area contributed by atoms with Crippen LogP contribution in [0.4, 0.5) is 24.8 Å². The molecule has 34 heavy (non-hydrogen) atoms. The van der Waals surface area contributed by atoms with Crippen molar-refractivity contribution in [1.82, 2.24) is 24.5 Å². The summed E-state index contributed by atoms with van der Waals surface area (Å²) in [6.45, 7) is 4.40. The van der Waals surface area contributed by atoms with E-state index in [2.05, 4.69) is 15.0 Å². The topological polar surface area (TPSA) is 84.8 Å². The lowest BCUT2D eigenvalue weighted by Crippen LogP contribution is -2.51. The zero-order valence-electron chi connectivity index (χ0n) is 18.8. The van der Waals surface area contributed by atoms with E-state index < -0.39 is 11.7 Å². The molecule has 0 bridgehead atoms. The molecule has 0 saturated carbocycles. The van der Waals surface area contributed by atoms with Gasteiger partial charge in [-0.25, -0.2) is 9.97 Å². The van der Waals surface area contributed by atoms with Crippen LogP contribution in [-0.4, -0.2) is 57.3 Å². The monoisotopic (exact) mass is 471 g/mol. The molecule has 2 aromatic carbocycles. The number of fused-ring (bicyclic) bond motifs is 3. The van der Waals surface area contributed by atoms with Crippen LogP contribution in [0.2, 0.25) is 0 Å². The summed E-state index contributed by atoms with van der Waals surface area (Å²) in [7, 11) is 1.58. The molecule has 178 valence electrons. The smallest absolute Gasteiger partial charge is 0.416 e.